The van der Waals surface area contributed by atoms with Crippen molar-refractivity contribution in [3.63, 3.8) is 0 Å². The van der Waals surface area contributed by atoms with Gasteiger partial charge in [-0.05, 0) is 12.1 Å². The maximum atomic E-state index is 13.1. The average molecular weight is 419 g/mol. The molecule has 0 atom stereocenters. The van der Waals surface area contributed by atoms with E-state index >= 15 is 0 Å². The SMILES string of the molecule is COc1ccc(S(=O)(=O)N2CCN(c3ncnc4c3nnn4C)CC2)cc1OC. The molecule has 0 N–H and O–H groups in total. The minimum atomic E-state index is -3.66. The fourth-order valence-corrected chi connectivity index (χ4v) is 4.78. The van der Waals surface area contributed by atoms with E-state index in [9.17, 15) is 8.42 Å². The molecule has 1 aliphatic heterocycles. The summed E-state index contributed by atoms with van der Waals surface area (Å²) in [5.41, 5.74) is 1.24. The van der Waals surface area contributed by atoms with E-state index in [2.05, 4.69) is 20.3 Å². The van der Waals surface area contributed by atoms with Gasteiger partial charge in [-0.2, -0.15) is 4.31 Å². The molecule has 0 bridgehead atoms. The number of ether oxygens (including phenoxy) is 2. The molecule has 154 valence electrons. The number of aromatic nitrogens is 5. The highest BCUT2D eigenvalue weighted by atomic mass is 32.2. The van der Waals surface area contributed by atoms with Crippen LogP contribution in [0.1, 0.15) is 0 Å². The number of aryl methyl sites for hydroxylation is 1. The normalized spacial score (nSPS) is 15.6. The van der Waals surface area contributed by atoms with Crippen LogP contribution in [0, 0.1) is 0 Å². The minimum absolute atomic E-state index is 0.168. The Morgan fingerprint density at radius 2 is 1.72 bits per heavy atom. The van der Waals surface area contributed by atoms with Crippen molar-refractivity contribution < 1.29 is 17.9 Å². The van der Waals surface area contributed by atoms with Gasteiger partial charge in [-0.3, -0.25) is 0 Å². The number of sulfonamides is 1. The van der Waals surface area contributed by atoms with E-state index in [0.29, 0.717) is 54.7 Å². The van der Waals surface area contributed by atoms with Gasteiger partial charge in [0, 0.05) is 39.3 Å². The van der Waals surface area contributed by atoms with E-state index in [1.54, 1.807) is 17.8 Å². The quantitative estimate of drug-likeness (QED) is 0.575. The first kappa shape index (κ1) is 19.3. The minimum Gasteiger partial charge on any atom is -0.493 e. The summed E-state index contributed by atoms with van der Waals surface area (Å²) in [6.45, 7) is 1.61. The van der Waals surface area contributed by atoms with Crippen LogP contribution in [-0.4, -0.2) is 78.1 Å². The molecule has 0 spiro atoms. The highest BCUT2D eigenvalue weighted by Crippen LogP contribution is 2.31. The molecule has 0 amide bonds. The van der Waals surface area contributed by atoms with Crippen molar-refractivity contribution in [1.29, 1.82) is 0 Å². The summed E-state index contributed by atoms with van der Waals surface area (Å²) in [5.74, 6) is 1.51. The lowest BCUT2D eigenvalue weighted by atomic mass is 10.3. The van der Waals surface area contributed by atoms with E-state index in [1.165, 1.54) is 37.0 Å². The predicted molar refractivity (Wildman–Crippen MR) is 105 cm³/mol. The lowest BCUT2D eigenvalue weighted by molar-refractivity contribution is 0.353. The zero-order valence-electron chi connectivity index (χ0n) is 16.3. The van der Waals surface area contributed by atoms with Gasteiger partial charge >= 0.3 is 0 Å². The van der Waals surface area contributed by atoms with Crippen LogP contribution in [0.15, 0.2) is 29.4 Å². The number of hydrogen-bond donors (Lipinski definition) is 0. The van der Waals surface area contributed by atoms with Crippen molar-refractivity contribution in [3.05, 3.63) is 24.5 Å². The molecule has 29 heavy (non-hydrogen) atoms. The van der Waals surface area contributed by atoms with E-state index in [-0.39, 0.29) is 4.90 Å². The lowest BCUT2D eigenvalue weighted by Gasteiger charge is -2.34. The van der Waals surface area contributed by atoms with E-state index in [0.717, 1.165) is 0 Å². The van der Waals surface area contributed by atoms with Crippen LogP contribution in [0.25, 0.3) is 11.2 Å². The second-order valence-electron chi connectivity index (χ2n) is 6.49. The number of benzene rings is 1. The van der Waals surface area contributed by atoms with Crippen molar-refractivity contribution in [1.82, 2.24) is 29.3 Å². The molecule has 0 aliphatic carbocycles. The maximum Gasteiger partial charge on any atom is 0.243 e. The monoisotopic (exact) mass is 419 g/mol. The van der Waals surface area contributed by atoms with Gasteiger partial charge in [-0.1, -0.05) is 5.21 Å². The smallest absolute Gasteiger partial charge is 0.243 e. The first-order valence-corrected chi connectivity index (χ1v) is 10.4. The van der Waals surface area contributed by atoms with Crippen LogP contribution < -0.4 is 14.4 Å². The van der Waals surface area contributed by atoms with Crippen LogP contribution >= 0.6 is 0 Å². The summed E-state index contributed by atoms with van der Waals surface area (Å²) in [4.78, 5) is 10.7. The Hall–Kier alpha value is -2.99. The number of anilines is 1. The summed E-state index contributed by atoms with van der Waals surface area (Å²) in [6, 6.07) is 4.60. The highest BCUT2D eigenvalue weighted by molar-refractivity contribution is 7.89. The van der Waals surface area contributed by atoms with Crippen molar-refractivity contribution in [2.45, 2.75) is 4.90 Å². The number of methoxy groups -OCH3 is 2. The van der Waals surface area contributed by atoms with Crippen LogP contribution in [0.5, 0.6) is 11.5 Å². The second-order valence-corrected chi connectivity index (χ2v) is 8.43. The Labute approximate surface area is 167 Å². The molecule has 1 aliphatic rings. The Balaban J connectivity index is 1.54. The standard InChI is InChI=1S/C17H21N7O4S/c1-22-16-15(20-21-22)17(19-11-18-16)23-6-8-24(9-7-23)29(25,26)12-4-5-13(27-2)14(10-12)28-3/h4-5,10-11H,6-9H2,1-3H3. The number of piperazine rings is 1. The van der Waals surface area contributed by atoms with E-state index in [1.807, 2.05) is 4.90 Å². The molecule has 4 rings (SSSR count). The fourth-order valence-electron chi connectivity index (χ4n) is 3.34. The molecule has 1 aromatic carbocycles. The summed E-state index contributed by atoms with van der Waals surface area (Å²) < 4.78 is 39.6. The third kappa shape index (κ3) is 3.34. The Morgan fingerprint density at radius 3 is 2.41 bits per heavy atom. The Bertz CT molecular complexity index is 1140. The van der Waals surface area contributed by atoms with Crippen LogP contribution in [0.4, 0.5) is 5.82 Å². The number of fused-ring (bicyclic) bond motifs is 1. The van der Waals surface area contributed by atoms with Crippen LogP contribution in [0.3, 0.4) is 0 Å². The van der Waals surface area contributed by atoms with Crippen molar-refractivity contribution in [3.8, 4) is 11.5 Å². The third-order valence-electron chi connectivity index (χ3n) is 4.90. The van der Waals surface area contributed by atoms with E-state index < -0.39 is 10.0 Å². The van der Waals surface area contributed by atoms with Crippen LogP contribution in [0.2, 0.25) is 0 Å². The van der Waals surface area contributed by atoms with E-state index in [4.69, 9.17) is 9.47 Å². The molecule has 0 unspecified atom stereocenters. The highest BCUT2D eigenvalue weighted by Gasteiger charge is 2.30. The summed E-state index contributed by atoms with van der Waals surface area (Å²) in [6.07, 6.45) is 1.47. The maximum absolute atomic E-state index is 13.1. The number of hydrogen-bond acceptors (Lipinski definition) is 9. The van der Waals surface area contributed by atoms with Gasteiger partial charge in [0.25, 0.3) is 0 Å². The molecule has 12 heteroatoms. The Morgan fingerprint density at radius 1 is 1.00 bits per heavy atom. The molecule has 1 saturated heterocycles. The van der Waals surface area contributed by atoms with Crippen LogP contribution in [-0.2, 0) is 17.1 Å². The summed E-state index contributed by atoms with van der Waals surface area (Å²) >= 11 is 0. The molecule has 3 heterocycles. The molecule has 3 aromatic rings. The fraction of sp³-hybridized carbons (Fsp3) is 0.412. The van der Waals surface area contributed by atoms with Gasteiger partial charge in [-0.25, -0.2) is 23.1 Å². The largest absolute Gasteiger partial charge is 0.493 e. The third-order valence-corrected chi connectivity index (χ3v) is 6.79. The van der Waals surface area contributed by atoms with Gasteiger partial charge in [-0.15, -0.1) is 5.10 Å². The zero-order chi connectivity index (χ0) is 20.6. The zero-order valence-corrected chi connectivity index (χ0v) is 17.1. The summed E-state index contributed by atoms with van der Waals surface area (Å²) in [7, 11) is 1.09. The molecular weight excluding hydrogens is 398 g/mol. The number of nitrogens with zero attached hydrogens (tertiary/aromatic N) is 7. The molecule has 11 nitrogen and oxygen atoms in total. The number of rotatable bonds is 5. The molecule has 2 aromatic heterocycles. The molecule has 0 saturated carbocycles. The van der Waals surface area contributed by atoms with Gasteiger partial charge < -0.3 is 14.4 Å². The van der Waals surface area contributed by atoms with Crippen molar-refractivity contribution in [2.24, 2.45) is 7.05 Å². The second kappa shape index (κ2) is 7.44. The lowest BCUT2D eigenvalue weighted by Crippen LogP contribution is -2.49. The molecule has 0 radical (unpaired) electrons. The summed E-state index contributed by atoms with van der Waals surface area (Å²) in [5, 5.41) is 8.12. The van der Waals surface area contributed by atoms with Gasteiger partial charge in [0.05, 0.1) is 19.1 Å². The molecular formula is C17H21N7O4S. The first-order chi connectivity index (χ1) is 14.0. The predicted octanol–water partition coefficient (Wildman–Crippen LogP) is 0.286. The Kier molecular flexibility index (Phi) is 4.96. The van der Waals surface area contributed by atoms with Gasteiger partial charge in [0.2, 0.25) is 10.0 Å². The van der Waals surface area contributed by atoms with Gasteiger partial charge in [0.15, 0.2) is 28.5 Å². The van der Waals surface area contributed by atoms with Crippen molar-refractivity contribution in [2.75, 3.05) is 45.3 Å². The molecule has 1 fully saturated rings. The van der Waals surface area contributed by atoms with Crippen molar-refractivity contribution >= 4 is 27.0 Å². The topological polar surface area (TPSA) is 116 Å². The van der Waals surface area contributed by atoms with Gasteiger partial charge in [0.1, 0.15) is 6.33 Å². The average Bonchev–Trinajstić information content (AvgIpc) is 3.14. The first-order valence-electron chi connectivity index (χ1n) is 8.93.